The predicted octanol–water partition coefficient (Wildman–Crippen LogP) is 2.01. The van der Waals surface area contributed by atoms with Gasteiger partial charge in [-0.25, -0.2) is 4.98 Å². The molecule has 0 aliphatic heterocycles. The monoisotopic (exact) mass is 244 g/mol. The second kappa shape index (κ2) is 6.44. The molecular weight excluding hydrogens is 228 g/mol. The Morgan fingerprint density at radius 2 is 2.00 bits per heavy atom. The second-order valence-corrected chi connectivity index (χ2v) is 3.60. The molecule has 0 fully saturated rings. The lowest BCUT2D eigenvalue weighted by Gasteiger charge is -2.08. The number of ether oxygens (including phenoxy) is 1. The number of benzene rings is 1. The van der Waals surface area contributed by atoms with E-state index < -0.39 is 0 Å². The van der Waals surface area contributed by atoms with Crippen LogP contribution in [0.25, 0.3) is 0 Å². The Balaban J connectivity index is 1.75. The van der Waals surface area contributed by atoms with Gasteiger partial charge < -0.3 is 15.4 Å². The summed E-state index contributed by atoms with van der Waals surface area (Å²) in [6.45, 7) is 1.28. The third-order valence-corrected chi connectivity index (χ3v) is 2.30. The van der Waals surface area contributed by atoms with Gasteiger partial charge in [0.05, 0.1) is 6.54 Å². The highest BCUT2D eigenvalue weighted by molar-refractivity contribution is 5.39. The minimum absolute atomic E-state index is 0.586. The van der Waals surface area contributed by atoms with E-state index in [-0.39, 0.29) is 0 Å². The van der Waals surface area contributed by atoms with Gasteiger partial charge in [-0.3, -0.25) is 0 Å². The summed E-state index contributed by atoms with van der Waals surface area (Å²) < 4.78 is 5.56. The van der Waals surface area contributed by atoms with E-state index in [0.717, 1.165) is 11.6 Å². The number of nitrogens with one attached hydrogen (secondary N) is 2. The molecule has 0 saturated carbocycles. The first-order valence-corrected chi connectivity index (χ1v) is 5.81. The van der Waals surface area contributed by atoms with Crippen molar-refractivity contribution in [3.05, 3.63) is 42.6 Å². The van der Waals surface area contributed by atoms with Gasteiger partial charge in [0.1, 0.15) is 18.2 Å². The van der Waals surface area contributed by atoms with Crippen LogP contribution >= 0.6 is 0 Å². The molecule has 2 aromatic rings. The van der Waals surface area contributed by atoms with E-state index in [1.165, 1.54) is 0 Å². The van der Waals surface area contributed by atoms with Crippen molar-refractivity contribution >= 4 is 11.8 Å². The molecule has 94 valence electrons. The van der Waals surface area contributed by atoms with Crippen molar-refractivity contribution in [1.29, 1.82) is 0 Å². The van der Waals surface area contributed by atoms with Gasteiger partial charge in [0.15, 0.2) is 0 Å². The minimum Gasteiger partial charge on any atom is -0.492 e. The van der Waals surface area contributed by atoms with E-state index in [2.05, 4.69) is 20.6 Å². The molecule has 0 saturated heterocycles. The molecule has 0 aliphatic rings. The second-order valence-electron chi connectivity index (χ2n) is 3.60. The minimum atomic E-state index is 0.586. The third kappa shape index (κ3) is 3.62. The topological polar surface area (TPSA) is 59.1 Å². The highest BCUT2D eigenvalue weighted by atomic mass is 16.5. The molecule has 0 unspecified atom stereocenters. The van der Waals surface area contributed by atoms with E-state index in [9.17, 15) is 0 Å². The summed E-state index contributed by atoms with van der Waals surface area (Å²) in [5.74, 6) is 2.26. The molecule has 1 aromatic carbocycles. The Morgan fingerprint density at radius 3 is 2.78 bits per heavy atom. The summed E-state index contributed by atoms with van der Waals surface area (Å²) in [6, 6.07) is 11.6. The number of aromatic nitrogens is 2. The molecular formula is C13H16N4O. The zero-order valence-electron chi connectivity index (χ0n) is 10.3. The molecule has 0 spiro atoms. The van der Waals surface area contributed by atoms with Gasteiger partial charge in [-0.15, -0.1) is 0 Å². The Kier molecular flexibility index (Phi) is 4.35. The summed E-state index contributed by atoms with van der Waals surface area (Å²) >= 11 is 0. The van der Waals surface area contributed by atoms with Gasteiger partial charge in [0.2, 0.25) is 5.95 Å². The average Bonchev–Trinajstić information content (AvgIpc) is 2.45. The van der Waals surface area contributed by atoms with E-state index in [1.54, 1.807) is 13.2 Å². The lowest BCUT2D eigenvalue weighted by Crippen LogP contribution is -2.12. The van der Waals surface area contributed by atoms with Crippen LogP contribution in [-0.4, -0.2) is 30.2 Å². The fourth-order valence-corrected chi connectivity index (χ4v) is 1.44. The Morgan fingerprint density at radius 1 is 1.17 bits per heavy atom. The number of rotatable bonds is 6. The van der Waals surface area contributed by atoms with Crippen LogP contribution in [0.2, 0.25) is 0 Å². The number of nitrogens with zero attached hydrogens (tertiary/aromatic N) is 2. The van der Waals surface area contributed by atoms with Crippen molar-refractivity contribution in [2.24, 2.45) is 0 Å². The molecule has 0 amide bonds. The highest BCUT2D eigenvalue weighted by Gasteiger charge is 1.96. The molecule has 18 heavy (non-hydrogen) atoms. The lowest BCUT2D eigenvalue weighted by atomic mass is 10.3. The van der Waals surface area contributed by atoms with Crippen molar-refractivity contribution in [3.8, 4) is 5.75 Å². The van der Waals surface area contributed by atoms with Crippen molar-refractivity contribution in [1.82, 2.24) is 9.97 Å². The van der Waals surface area contributed by atoms with E-state index in [0.29, 0.717) is 19.1 Å². The van der Waals surface area contributed by atoms with Gasteiger partial charge >= 0.3 is 0 Å². The van der Waals surface area contributed by atoms with Gasteiger partial charge in [0, 0.05) is 13.2 Å². The Labute approximate surface area is 106 Å². The summed E-state index contributed by atoms with van der Waals surface area (Å²) in [6.07, 6.45) is 1.71. The molecule has 0 atom stereocenters. The largest absolute Gasteiger partial charge is 0.492 e. The lowest BCUT2D eigenvalue weighted by molar-refractivity contribution is 0.333. The summed E-state index contributed by atoms with van der Waals surface area (Å²) in [4.78, 5) is 8.29. The van der Waals surface area contributed by atoms with Crippen LogP contribution in [0.4, 0.5) is 11.8 Å². The first-order chi connectivity index (χ1) is 8.88. The summed E-state index contributed by atoms with van der Waals surface area (Å²) in [5.41, 5.74) is 0. The molecule has 0 bridgehead atoms. The van der Waals surface area contributed by atoms with Crippen LogP contribution in [-0.2, 0) is 0 Å². The van der Waals surface area contributed by atoms with Gasteiger partial charge in [-0.1, -0.05) is 18.2 Å². The van der Waals surface area contributed by atoms with Crippen LogP contribution in [0.3, 0.4) is 0 Å². The van der Waals surface area contributed by atoms with Crippen LogP contribution < -0.4 is 15.4 Å². The van der Waals surface area contributed by atoms with Gasteiger partial charge in [-0.05, 0) is 18.2 Å². The van der Waals surface area contributed by atoms with Crippen LogP contribution in [0.15, 0.2) is 42.6 Å². The quantitative estimate of drug-likeness (QED) is 0.761. The Bertz CT molecular complexity index is 475. The maximum absolute atomic E-state index is 5.56. The summed E-state index contributed by atoms with van der Waals surface area (Å²) in [7, 11) is 1.79. The number of hydrogen-bond donors (Lipinski definition) is 2. The first-order valence-electron chi connectivity index (χ1n) is 5.81. The number of anilines is 2. The highest BCUT2D eigenvalue weighted by Crippen LogP contribution is 2.08. The zero-order valence-corrected chi connectivity index (χ0v) is 10.3. The maximum Gasteiger partial charge on any atom is 0.224 e. The molecule has 1 aromatic heterocycles. The van der Waals surface area contributed by atoms with Crippen LogP contribution in [0.5, 0.6) is 5.75 Å². The van der Waals surface area contributed by atoms with Crippen molar-refractivity contribution in [2.45, 2.75) is 0 Å². The third-order valence-electron chi connectivity index (χ3n) is 2.30. The average molecular weight is 244 g/mol. The van der Waals surface area contributed by atoms with Crippen molar-refractivity contribution in [3.63, 3.8) is 0 Å². The van der Waals surface area contributed by atoms with Gasteiger partial charge in [0.25, 0.3) is 0 Å². The van der Waals surface area contributed by atoms with Crippen molar-refractivity contribution in [2.75, 3.05) is 30.8 Å². The van der Waals surface area contributed by atoms with Crippen LogP contribution in [0, 0.1) is 0 Å². The molecule has 0 radical (unpaired) electrons. The summed E-state index contributed by atoms with van der Waals surface area (Å²) in [5, 5.41) is 6.06. The molecule has 5 nitrogen and oxygen atoms in total. The molecule has 0 aliphatic carbocycles. The SMILES string of the molecule is CNc1nccc(NCCOc2ccccc2)n1. The molecule has 2 N–H and O–H groups in total. The van der Waals surface area contributed by atoms with Gasteiger partial charge in [-0.2, -0.15) is 4.98 Å². The van der Waals surface area contributed by atoms with E-state index in [1.807, 2.05) is 36.4 Å². The fraction of sp³-hybridized carbons (Fsp3) is 0.231. The fourth-order valence-electron chi connectivity index (χ4n) is 1.44. The smallest absolute Gasteiger partial charge is 0.224 e. The van der Waals surface area contributed by atoms with E-state index in [4.69, 9.17) is 4.74 Å². The predicted molar refractivity (Wildman–Crippen MR) is 72.0 cm³/mol. The molecule has 1 heterocycles. The van der Waals surface area contributed by atoms with E-state index >= 15 is 0 Å². The molecule has 2 rings (SSSR count). The normalized spacial score (nSPS) is 9.83. The zero-order chi connectivity index (χ0) is 12.6. The standard InChI is InChI=1S/C13H16N4O/c1-14-13-16-8-7-12(17-13)15-9-10-18-11-5-3-2-4-6-11/h2-8H,9-10H2,1H3,(H2,14,15,16,17). The Hall–Kier alpha value is -2.30. The van der Waals surface area contributed by atoms with Crippen LogP contribution in [0.1, 0.15) is 0 Å². The number of hydrogen-bond acceptors (Lipinski definition) is 5. The molecule has 5 heteroatoms. The number of para-hydroxylation sites is 1. The first kappa shape index (κ1) is 12.2. The maximum atomic E-state index is 5.56. The van der Waals surface area contributed by atoms with Crippen molar-refractivity contribution < 1.29 is 4.74 Å².